The maximum absolute atomic E-state index is 13.2. The van der Waals surface area contributed by atoms with E-state index in [1.165, 1.54) is 31.2 Å². The lowest BCUT2D eigenvalue weighted by molar-refractivity contribution is 0.415. The Balaban J connectivity index is 1.60. The van der Waals surface area contributed by atoms with Crippen LogP contribution in [0.15, 0.2) is 18.2 Å². The number of nitrogens with one attached hydrogen (secondary N) is 1. The normalized spacial score (nSPS) is 19.9. The third-order valence-corrected chi connectivity index (χ3v) is 4.02. The standard InChI is InChI=1S/C15H20FN/c1-10-8-11(2-7-14(10)16)9-17-15(12-3-4-12)13-5-6-13/h2,7-8,12-13,15,17H,3-6,9H2,1H3. The summed E-state index contributed by atoms with van der Waals surface area (Å²) in [6.07, 6.45) is 5.60. The van der Waals surface area contributed by atoms with Crippen LogP contribution < -0.4 is 5.32 Å². The molecule has 0 spiro atoms. The SMILES string of the molecule is Cc1cc(CNC(C2CC2)C2CC2)ccc1F. The van der Waals surface area contributed by atoms with Gasteiger partial charge in [-0.2, -0.15) is 0 Å². The molecule has 0 bridgehead atoms. The highest BCUT2D eigenvalue weighted by atomic mass is 19.1. The fraction of sp³-hybridized carbons (Fsp3) is 0.600. The summed E-state index contributed by atoms with van der Waals surface area (Å²) in [6, 6.07) is 6.15. The van der Waals surface area contributed by atoms with Gasteiger partial charge in [0.2, 0.25) is 0 Å². The van der Waals surface area contributed by atoms with E-state index in [-0.39, 0.29) is 5.82 Å². The van der Waals surface area contributed by atoms with Gasteiger partial charge in [-0.15, -0.1) is 0 Å². The molecular formula is C15H20FN. The van der Waals surface area contributed by atoms with Gasteiger partial charge in [-0.3, -0.25) is 0 Å². The second kappa shape index (κ2) is 4.41. The molecule has 3 rings (SSSR count). The zero-order chi connectivity index (χ0) is 11.8. The maximum atomic E-state index is 13.2. The van der Waals surface area contributed by atoms with E-state index in [2.05, 4.69) is 5.32 Å². The molecule has 0 radical (unpaired) electrons. The number of benzene rings is 1. The van der Waals surface area contributed by atoms with E-state index in [1.807, 2.05) is 19.1 Å². The Labute approximate surface area is 102 Å². The van der Waals surface area contributed by atoms with Crippen LogP contribution in [0.1, 0.15) is 36.8 Å². The smallest absolute Gasteiger partial charge is 0.126 e. The van der Waals surface area contributed by atoms with Gasteiger partial charge in [0.1, 0.15) is 5.82 Å². The fourth-order valence-corrected chi connectivity index (χ4v) is 2.68. The highest BCUT2D eigenvalue weighted by Gasteiger charge is 2.40. The summed E-state index contributed by atoms with van der Waals surface area (Å²) in [5, 5.41) is 3.68. The summed E-state index contributed by atoms with van der Waals surface area (Å²) in [6.45, 7) is 2.72. The van der Waals surface area contributed by atoms with Crippen LogP contribution in [0.3, 0.4) is 0 Å². The van der Waals surface area contributed by atoms with Crippen molar-refractivity contribution in [3.05, 3.63) is 35.1 Å². The molecule has 2 saturated carbocycles. The Kier molecular flexibility index (Phi) is 2.91. The third-order valence-electron chi connectivity index (χ3n) is 4.02. The summed E-state index contributed by atoms with van der Waals surface area (Å²) >= 11 is 0. The molecule has 1 N–H and O–H groups in total. The van der Waals surface area contributed by atoms with E-state index in [0.29, 0.717) is 0 Å². The van der Waals surface area contributed by atoms with Crippen molar-refractivity contribution in [3.63, 3.8) is 0 Å². The second-order valence-electron chi connectivity index (χ2n) is 5.67. The zero-order valence-corrected chi connectivity index (χ0v) is 10.4. The van der Waals surface area contributed by atoms with Gasteiger partial charge < -0.3 is 5.32 Å². The van der Waals surface area contributed by atoms with Crippen LogP contribution in [0.5, 0.6) is 0 Å². The number of halogens is 1. The van der Waals surface area contributed by atoms with E-state index in [9.17, 15) is 4.39 Å². The molecule has 0 aromatic heterocycles. The van der Waals surface area contributed by atoms with E-state index < -0.39 is 0 Å². The van der Waals surface area contributed by atoms with Gasteiger partial charge in [-0.05, 0) is 61.6 Å². The molecule has 1 aromatic carbocycles. The van der Waals surface area contributed by atoms with Crippen molar-refractivity contribution in [2.24, 2.45) is 11.8 Å². The van der Waals surface area contributed by atoms with E-state index in [1.54, 1.807) is 6.07 Å². The predicted octanol–water partition coefficient (Wildman–Crippen LogP) is 3.41. The first-order valence-electron chi connectivity index (χ1n) is 6.72. The Morgan fingerprint density at radius 3 is 2.41 bits per heavy atom. The van der Waals surface area contributed by atoms with Crippen LogP contribution in [0.2, 0.25) is 0 Å². The van der Waals surface area contributed by atoms with Gasteiger partial charge >= 0.3 is 0 Å². The van der Waals surface area contributed by atoms with E-state index in [4.69, 9.17) is 0 Å². The van der Waals surface area contributed by atoms with Crippen molar-refractivity contribution < 1.29 is 4.39 Å². The highest BCUT2D eigenvalue weighted by Crippen LogP contribution is 2.44. The second-order valence-corrected chi connectivity index (χ2v) is 5.67. The third kappa shape index (κ3) is 2.68. The molecule has 2 aliphatic rings. The Morgan fingerprint density at radius 2 is 1.88 bits per heavy atom. The first-order valence-corrected chi connectivity index (χ1v) is 6.72. The molecule has 1 nitrogen and oxygen atoms in total. The van der Waals surface area contributed by atoms with E-state index >= 15 is 0 Å². The topological polar surface area (TPSA) is 12.0 Å². The first kappa shape index (κ1) is 11.2. The number of hydrogen-bond acceptors (Lipinski definition) is 1. The first-order chi connectivity index (χ1) is 8.24. The number of hydrogen-bond donors (Lipinski definition) is 1. The van der Waals surface area contributed by atoms with Crippen molar-refractivity contribution in [2.45, 2.75) is 45.2 Å². The van der Waals surface area contributed by atoms with Gasteiger partial charge in [0.25, 0.3) is 0 Å². The van der Waals surface area contributed by atoms with Gasteiger partial charge in [0.15, 0.2) is 0 Å². The molecule has 1 aromatic rings. The molecule has 0 heterocycles. The molecule has 92 valence electrons. The highest BCUT2D eigenvalue weighted by molar-refractivity contribution is 5.23. The molecule has 0 atom stereocenters. The Hall–Kier alpha value is -0.890. The summed E-state index contributed by atoms with van der Waals surface area (Å²) in [5.74, 6) is 1.74. The quantitative estimate of drug-likeness (QED) is 0.821. The molecule has 17 heavy (non-hydrogen) atoms. The molecule has 0 amide bonds. The van der Waals surface area contributed by atoms with Crippen molar-refractivity contribution in [1.29, 1.82) is 0 Å². The summed E-state index contributed by atoms with van der Waals surface area (Å²) in [7, 11) is 0. The van der Waals surface area contributed by atoms with Crippen LogP contribution in [-0.4, -0.2) is 6.04 Å². The summed E-state index contributed by atoms with van der Waals surface area (Å²) in [5.41, 5.74) is 1.95. The maximum Gasteiger partial charge on any atom is 0.126 e. The van der Waals surface area contributed by atoms with Crippen molar-refractivity contribution in [1.82, 2.24) is 5.32 Å². The number of aryl methyl sites for hydroxylation is 1. The molecule has 0 unspecified atom stereocenters. The summed E-state index contributed by atoms with van der Waals surface area (Å²) < 4.78 is 13.2. The van der Waals surface area contributed by atoms with Crippen LogP contribution in [0.4, 0.5) is 4.39 Å². The van der Waals surface area contributed by atoms with Crippen molar-refractivity contribution in [2.75, 3.05) is 0 Å². The summed E-state index contributed by atoms with van der Waals surface area (Å²) in [4.78, 5) is 0. The molecule has 2 aliphatic carbocycles. The fourth-order valence-electron chi connectivity index (χ4n) is 2.68. The minimum absolute atomic E-state index is 0.102. The van der Waals surface area contributed by atoms with E-state index in [0.717, 1.165) is 30.0 Å². The van der Waals surface area contributed by atoms with Crippen LogP contribution >= 0.6 is 0 Å². The van der Waals surface area contributed by atoms with Crippen molar-refractivity contribution in [3.8, 4) is 0 Å². The van der Waals surface area contributed by atoms with Crippen molar-refractivity contribution >= 4 is 0 Å². The molecule has 2 heteroatoms. The van der Waals surface area contributed by atoms with Crippen LogP contribution in [0.25, 0.3) is 0 Å². The van der Waals surface area contributed by atoms with Crippen LogP contribution in [-0.2, 0) is 6.54 Å². The lowest BCUT2D eigenvalue weighted by atomic mass is 10.1. The van der Waals surface area contributed by atoms with Gasteiger partial charge in [0, 0.05) is 12.6 Å². The molecule has 0 saturated heterocycles. The Bertz CT molecular complexity index is 395. The average Bonchev–Trinajstić information content (AvgIpc) is 3.14. The van der Waals surface area contributed by atoms with Gasteiger partial charge in [-0.25, -0.2) is 4.39 Å². The minimum Gasteiger partial charge on any atom is -0.309 e. The average molecular weight is 233 g/mol. The zero-order valence-electron chi connectivity index (χ0n) is 10.4. The predicted molar refractivity (Wildman–Crippen MR) is 67.2 cm³/mol. The lowest BCUT2D eigenvalue weighted by Crippen LogP contribution is -2.32. The molecule has 2 fully saturated rings. The lowest BCUT2D eigenvalue weighted by Gasteiger charge is -2.17. The monoisotopic (exact) mass is 233 g/mol. The largest absolute Gasteiger partial charge is 0.309 e. The molecule has 0 aliphatic heterocycles. The Morgan fingerprint density at radius 1 is 1.24 bits per heavy atom. The minimum atomic E-state index is -0.102. The number of rotatable bonds is 5. The van der Waals surface area contributed by atoms with Gasteiger partial charge in [-0.1, -0.05) is 12.1 Å². The van der Waals surface area contributed by atoms with Gasteiger partial charge in [0.05, 0.1) is 0 Å². The molecular weight excluding hydrogens is 213 g/mol. The van der Waals surface area contributed by atoms with Crippen LogP contribution in [0, 0.1) is 24.6 Å².